The van der Waals surface area contributed by atoms with Gasteiger partial charge in [0.15, 0.2) is 17.5 Å². The molecule has 0 bridgehead atoms. The Morgan fingerprint density at radius 1 is 1.00 bits per heavy atom. The summed E-state index contributed by atoms with van der Waals surface area (Å²) >= 11 is 0. The lowest BCUT2D eigenvalue weighted by atomic mass is 10.0. The molecule has 30 heavy (non-hydrogen) atoms. The number of methoxy groups -OCH3 is 2. The Bertz CT molecular complexity index is 794. The highest BCUT2D eigenvalue weighted by molar-refractivity contribution is 14.0. The van der Waals surface area contributed by atoms with Gasteiger partial charge in [0, 0.05) is 20.1 Å². The van der Waals surface area contributed by atoms with Crippen molar-refractivity contribution in [3.63, 3.8) is 0 Å². The van der Waals surface area contributed by atoms with E-state index in [1.54, 1.807) is 21.3 Å². The third kappa shape index (κ3) is 7.68. The van der Waals surface area contributed by atoms with Crippen molar-refractivity contribution in [2.45, 2.75) is 19.4 Å². The molecule has 2 N–H and O–H groups in total. The van der Waals surface area contributed by atoms with Gasteiger partial charge in [-0.3, -0.25) is 4.99 Å². The number of halogens is 1. The van der Waals surface area contributed by atoms with E-state index in [9.17, 15) is 0 Å². The highest BCUT2D eigenvalue weighted by Crippen LogP contribution is 2.27. The van der Waals surface area contributed by atoms with Crippen LogP contribution in [-0.4, -0.2) is 59.3 Å². The molecule has 0 radical (unpaired) electrons. The summed E-state index contributed by atoms with van der Waals surface area (Å²) in [4.78, 5) is 6.57. The van der Waals surface area contributed by atoms with Crippen molar-refractivity contribution in [3.05, 3.63) is 59.2 Å². The second-order valence-electron chi connectivity index (χ2n) is 7.21. The number of guanidine groups is 1. The smallest absolute Gasteiger partial charge is 0.191 e. The van der Waals surface area contributed by atoms with E-state index in [0.29, 0.717) is 0 Å². The molecule has 1 atom stereocenters. The van der Waals surface area contributed by atoms with E-state index in [1.807, 2.05) is 12.1 Å². The molecule has 0 saturated heterocycles. The van der Waals surface area contributed by atoms with Gasteiger partial charge < -0.3 is 25.0 Å². The minimum Gasteiger partial charge on any atom is -0.493 e. The van der Waals surface area contributed by atoms with Crippen LogP contribution >= 0.6 is 24.0 Å². The zero-order valence-electron chi connectivity index (χ0n) is 18.9. The number of ether oxygens (including phenoxy) is 2. The quantitative estimate of drug-likeness (QED) is 0.297. The monoisotopic (exact) mass is 526 g/mol. The van der Waals surface area contributed by atoms with Crippen LogP contribution in [0.3, 0.4) is 0 Å². The second-order valence-corrected chi connectivity index (χ2v) is 7.21. The van der Waals surface area contributed by atoms with E-state index in [2.05, 4.69) is 71.9 Å². The van der Waals surface area contributed by atoms with E-state index >= 15 is 0 Å². The Morgan fingerprint density at radius 2 is 1.67 bits per heavy atom. The normalized spacial score (nSPS) is 12.2. The van der Waals surface area contributed by atoms with Crippen LogP contribution in [0.1, 0.15) is 22.7 Å². The summed E-state index contributed by atoms with van der Waals surface area (Å²) in [6.45, 7) is 3.65. The molecule has 0 fully saturated rings. The maximum Gasteiger partial charge on any atom is 0.191 e. The number of nitrogens with zero attached hydrogens (tertiary/aromatic N) is 2. The van der Waals surface area contributed by atoms with Crippen LogP contribution in [0.2, 0.25) is 0 Å². The number of likely N-dealkylation sites (N-methyl/N-ethyl adjacent to an activating group) is 1. The maximum absolute atomic E-state index is 5.38. The van der Waals surface area contributed by atoms with Crippen LogP contribution in [0.4, 0.5) is 0 Å². The fourth-order valence-corrected chi connectivity index (χ4v) is 3.16. The number of rotatable bonds is 9. The molecule has 2 aromatic rings. The van der Waals surface area contributed by atoms with Crippen molar-refractivity contribution in [1.29, 1.82) is 0 Å². The van der Waals surface area contributed by atoms with Gasteiger partial charge in [-0.1, -0.05) is 35.9 Å². The Morgan fingerprint density at radius 3 is 2.23 bits per heavy atom. The Labute approximate surface area is 198 Å². The lowest BCUT2D eigenvalue weighted by Crippen LogP contribution is -2.42. The van der Waals surface area contributed by atoms with Crippen molar-refractivity contribution >= 4 is 29.9 Å². The van der Waals surface area contributed by atoms with Gasteiger partial charge in [-0.2, -0.15) is 0 Å². The summed E-state index contributed by atoms with van der Waals surface area (Å²) in [5, 5.41) is 6.83. The van der Waals surface area contributed by atoms with E-state index < -0.39 is 0 Å². The van der Waals surface area contributed by atoms with Gasteiger partial charge in [0.05, 0.1) is 20.3 Å². The van der Waals surface area contributed by atoms with E-state index in [4.69, 9.17) is 9.47 Å². The molecule has 6 nitrogen and oxygen atoms in total. The van der Waals surface area contributed by atoms with Crippen molar-refractivity contribution in [1.82, 2.24) is 15.5 Å². The van der Waals surface area contributed by atoms with Gasteiger partial charge in [0.2, 0.25) is 0 Å². The second kappa shape index (κ2) is 13.3. The van der Waals surface area contributed by atoms with E-state index in [-0.39, 0.29) is 30.0 Å². The molecule has 0 heterocycles. The topological polar surface area (TPSA) is 58.1 Å². The first-order valence-corrected chi connectivity index (χ1v) is 9.87. The first-order valence-electron chi connectivity index (χ1n) is 9.87. The average Bonchev–Trinajstić information content (AvgIpc) is 2.73. The third-order valence-electron chi connectivity index (χ3n) is 4.93. The van der Waals surface area contributed by atoms with Gasteiger partial charge in [-0.25, -0.2) is 0 Å². The number of hydrogen-bond acceptors (Lipinski definition) is 4. The Hall–Kier alpha value is -2.00. The first-order chi connectivity index (χ1) is 14.0. The standard InChI is InChI=1S/C23H34N4O2.HI/c1-17-7-10-19(11-8-17)20(27(3)4)16-26-23(24-2)25-14-13-18-9-12-21(28-5)22(15-18)29-6;/h7-12,15,20H,13-14,16H2,1-6H3,(H2,24,25,26);1H. The highest BCUT2D eigenvalue weighted by atomic mass is 127. The molecule has 7 heteroatoms. The predicted molar refractivity (Wildman–Crippen MR) is 136 cm³/mol. The molecule has 0 saturated carbocycles. The number of nitrogens with one attached hydrogen (secondary N) is 2. The number of benzene rings is 2. The number of aliphatic imine (C=N–C) groups is 1. The SMILES string of the molecule is CN=C(NCCc1ccc(OC)c(OC)c1)NCC(c1ccc(C)cc1)N(C)C.I. The molecular weight excluding hydrogens is 491 g/mol. The van der Waals surface area contributed by atoms with Crippen molar-refractivity contribution in [2.24, 2.45) is 4.99 Å². The molecule has 166 valence electrons. The third-order valence-corrected chi connectivity index (χ3v) is 4.93. The lowest BCUT2D eigenvalue weighted by molar-refractivity contribution is 0.298. The van der Waals surface area contributed by atoms with Crippen LogP contribution in [0, 0.1) is 6.92 Å². The van der Waals surface area contributed by atoms with Crippen LogP contribution in [-0.2, 0) is 6.42 Å². The molecule has 0 aliphatic rings. The van der Waals surface area contributed by atoms with E-state index in [0.717, 1.165) is 37.0 Å². The average molecular weight is 526 g/mol. The number of hydrogen-bond donors (Lipinski definition) is 2. The van der Waals surface area contributed by atoms with Crippen LogP contribution in [0.15, 0.2) is 47.5 Å². The maximum atomic E-state index is 5.38. The molecule has 0 amide bonds. The summed E-state index contributed by atoms with van der Waals surface area (Å²) in [6.07, 6.45) is 0.857. The molecule has 2 rings (SSSR count). The van der Waals surface area contributed by atoms with E-state index in [1.165, 1.54) is 16.7 Å². The minimum absolute atomic E-state index is 0. The molecule has 1 unspecified atom stereocenters. The molecule has 2 aromatic carbocycles. The zero-order valence-corrected chi connectivity index (χ0v) is 21.2. The molecule has 0 aliphatic heterocycles. The summed E-state index contributed by atoms with van der Waals surface area (Å²) in [5.74, 6) is 2.29. The Balaban J connectivity index is 0.00000450. The highest BCUT2D eigenvalue weighted by Gasteiger charge is 2.14. The number of aryl methyl sites for hydroxylation is 1. The van der Waals surface area contributed by atoms with Crippen molar-refractivity contribution < 1.29 is 9.47 Å². The fraction of sp³-hybridized carbons (Fsp3) is 0.435. The minimum atomic E-state index is 0. The molecular formula is C23H35IN4O2. The van der Waals surface area contributed by atoms with Crippen LogP contribution in [0.25, 0.3) is 0 Å². The zero-order chi connectivity index (χ0) is 21.2. The molecule has 0 aliphatic carbocycles. The summed E-state index contributed by atoms with van der Waals surface area (Å²) < 4.78 is 10.7. The summed E-state index contributed by atoms with van der Waals surface area (Å²) in [7, 11) is 9.29. The van der Waals surface area contributed by atoms with Gasteiger partial charge in [-0.15, -0.1) is 24.0 Å². The fourth-order valence-electron chi connectivity index (χ4n) is 3.16. The van der Waals surface area contributed by atoms with Gasteiger partial charge in [0.1, 0.15) is 0 Å². The van der Waals surface area contributed by atoms with Crippen molar-refractivity contribution in [2.75, 3.05) is 48.5 Å². The van der Waals surface area contributed by atoms with Crippen LogP contribution in [0.5, 0.6) is 11.5 Å². The van der Waals surface area contributed by atoms with Gasteiger partial charge in [-0.05, 0) is 50.7 Å². The van der Waals surface area contributed by atoms with Crippen LogP contribution < -0.4 is 20.1 Å². The molecule has 0 spiro atoms. The predicted octanol–water partition coefficient (Wildman–Crippen LogP) is 3.64. The summed E-state index contributed by atoms with van der Waals surface area (Å²) in [6, 6.07) is 15.0. The Kier molecular flexibility index (Phi) is 11.6. The van der Waals surface area contributed by atoms with Gasteiger partial charge in [0.25, 0.3) is 0 Å². The summed E-state index contributed by atoms with van der Waals surface area (Å²) in [5.41, 5.74) is 3.73. The van der Waals surface area contributed by atoms with Crippen molar-refractivity contribution in [3.8, 4) is 11.5 Å². The van der Waals surface area contributed by atoms with Gasteiger partial charge >= 0.3 is 0 Å². The largest absolute Gasteiger partial charge is 0.493 e. The molecule has 0 aromatic heterocycles. The first kappa shape index (κ1) is 26.0. The lowest BCUT2D eigenvalue weighted by Gasteiger charge is -2.26.